The first-order valence-corrected chi connectivity index (χ1v) is 11.7. The van der Waals surface area contributed by atoms with Crippen LogP contribution in [0.4, 0.5) is 15.9 Å². The van der Waals surface area contributed by atoms with Crippen LogP contribution in [0, 0.1) is 17.7 Å². The minimum Gasteiger partial charge on any atom is -0.381 e. The van der Waals surface area contributed by atoms with Crippen LogP contribution in [0.15, 0.2) is 36.5 Å². The Morgan fingerprint density at radius 2 is 2.03 bits per heavy atom. The minimum atomic E-state index is -0.305. The number of aromatic nitrogens is 2. The van der Waals surface area contributed by atoms with Gasteiger partial charge in [-0.2, -0.15) is 0 Å². The van der Waals surface area contributed by atoms with E-state index in [9.17, 15) is 9.18 Å². The third kappa shape index (κ3) is 4.70. The molecule has 1 saturated carbocycles. The van der Waals surface area contributed by atoms with Crippen LogP contribution in [0.25, 0.3) is 22.2 Å². The number of nitrogens with one attached hydrogen (secondary N) is 3. The highest BCUT2D eigenvalue weighted by Crippen LogP contribution is 2.34. The molecule has 1 aromatic carbocycles. The molecule has 1 saturated heterocycles. The van der Waals surface area contributed by atoms with Crippen molar-refractivity contribution in [1.82, 2.24) is 9.97 Å². The third-order valence-corrected chi connectivity index (χ3v) is 6.85. The molecule has 1 amide bonds. The van der Waals surface area contributed by atoms with Gasteiger partial charge in [-0.25, -0.2) is 9.37 Å². The van der Waals surface area contributed by atoms with Gasteiger partial charge < -0.3 is 19.8 Å². The second-order valence-corrected chi connectivity index (χ2v) is 9.05. The van der Waals surface area contributed by atoms with Crippen molar-refractivity contribution in [2.45, 2.75) is 25.7 Å². The van der Waals surface area contributed by atoms with Gasteiger partial charge in [0.15, 0.2) is 0 Å². The van der Waals surface area contributed by atoms with Gasteiger partial charge in [0, 0.05) is 36.5 Å². The van der Waals surface area contributed by atoms with E-state index >= 15 is 0 Å². The van der Waals surface area contributed by atoms with Crippen molar-refractivity contribution in [3.05, 3.63) is 42.3 Å². The average molecular weight is 441 g/mol. The Kier molecular flexibility index (Phi) is 5.82. The lowest BCUT2D eigenvalue weighted by atomic mass is 10.0. The summed E-state index contributed by atoms with van der Waals surface area (Å²) in [4.78, 5) is 19.8. The van der Waals surface area contributed by atoms with E-state index in [1.54, 1.807) is 24.2 Å². The van der Waals surface area contributed by atoms with Crippen LogP contribution < -0.4 is 10.0 Å². The number of H-pyrrole nitrogens is 1. The first kappa shape index (κ1) is 20.3. The molecule has 3 aromatic rings. The summed E-state index contributed by atoms with van der Waals surface area (Å²) in [5.41, 5.74) is 2.71. The molecule has 8 heteroatoms. The number of anilines is 2. The molecule has 0 atom stereocenters. The summed E-state index contributed by atoms with van der Waals surface area (Å²) < 4.78 is 23.4. The average Bonchev–Trinajstić information content (AvgIpc) is 3.53. The molecule has 0 bridgehead atoms. The first-order chi connectivity index (χ1) is 15.2. The molecule has 1 aliphatic heterocycles. The summed E-state index contributed by atoms with van der Waals surface area (Å²) in [6.07, 6.45) is 5.77. The number of hydrogen-bond acceptors (Lipinski definition) is 5. The summed E-state index contributed by atoms with van der Waals surface area (Å²) in [5.74, 6) is 1.81. The van der Waals surface area contributed by atoms with Crippen LogP contribution in [0.2, 0.25) is 0 Å². The summed E-state index contributed by atoms with van der Waals surface area (Å²) in [5, 5.41) is 3.78. The van der Waals surface area contributed by atoms with Gasteiger partial charge in [-0.05, 0) is 67.0 Å². The van der Waals surface area contributed by atoms with Gasteiger partial charge in [0.05, 0.1) is 5.69 Å². The van der Waals surface area contributed by atoms with Crippen molar-refractivity contribution in [3.8, 4) is 11.1 Å². The van der Waals surface area contributed by atoms with Gasteiger partial charge in [0.25, 0.3) is 0 Å². The molecule has 5 rings (SSSR count). The van der Waals surface area contributed by atoms with Crippen LogP contribution >= 0.6 is 11.9 Å². The van der Waals surface area contributed by atoms with Crippen LogP contribution in [-0.4, -0.2) is 34.8 Å². The number of hydrogen-bond donors (Lipinski definition) is 3. The summed E-state index contributed by atoms with van der Waals surface area (Å²) >= 11 is 1.54. The van der Waals surface area contributed by atoms with E-state index in [-0.39, 0.29) is 17.6 Å². The van der Waals surface area contributed by atoms with Crippen molar-refractivity contribution in [3.63, 3.8) is 0 Å². The lowest BCUT2D eigenvalue weighted by Crippen LogP contribution is -2.18. The monoisotopic (exact) mass is 440 g/mol. The molecule has 0 spiro atoms. The number of carbonyl (C=O) groups excluding carboxylic acids is 1. The highest BCUT2D eigenvalue weighted by Gasteiger charge is 2.30. The molecule has 3 N–H and O–H groups in total. The van der Waals surface area contributed by atoms with Crippen LogP contribution in [0.5, 0.6) is 0 Å². The van der Waals surface area contributed by atoms with Crippen molar-refractivity contribution < 1.29 is 13.9 Å². The van der Waals surface area contributed by atoms with Crippen LogP contribution in [-0.2, 0) is 9.53 Å². The predicted molar refractivity (Wildman–Crippen MR) is 122 cm³/mol. The van der Waals surface area contributed by atoms with Crippen LogP contribution in [0.1, 0.15) is 25.7 Å². The zero-order valence-electron chi connectivity index (χ0n) is 17.1. The minimum absolute atomic E-state index is 0.00311. The van der Waals surface area contributed by atoms with E-state index in [0.29, 0.717) is 23.1 Å². The lowest BCUT2D eigenvalue weighted by Gasteiger charge is -2.21. The van der Waals surface area contributed by atoms with E-state index in [4.69, 9.17) is 4.74 Å². The maximum atomic E-state index is 14.9. The maximum absolute atomic E-state index is 14.9. The fourth-order valence-electron chi connectivity index (χ4n) is 3.83. The van der Waals surface area contributed by atoms with Gasteiger partial charge in [-0.3, -0.25) is 4.79 Å². The highest BCUT2D eigenvalue weighted by atomic mass is 32.2. The van der Waals surface area contributed by atoms with Crippen molar-refractivity contribution in [2.75, 3.05) is 29.0 Å². The summed E-state index contributed by atoms with van der Waals surface area (Å²) in [6.45, 7) is 1.63. The Balaban J connectivity index is 1.33. The van der Waals surface area contributed by atoms with Gasteiger partial charge in [0.1, 0.15) is 17.3 Å². The molecule has 0 unspecified atom stereocenters. The zero-order valence-corrected chi connectivity index (χ0v) is 17.9. The number of amides is 1. The van der Waals surface area contributed by atoms with E-state index in [0.717, 1.165) is 61.2 Å². The molecule has 2 aliphatic rings. The van der Waals surface area contributed by atoms with E-state index < -0.39 is 0 Å². The number of benzene rings is 1. The molecule has 6 nitrogen and oxygen atoms in total. The number of rotatable bonds is 7. The number of pyridine rings is 1. The molecule has 162 valence electrons. The second-order valence-electron chi connectivity index (χ2n) is 8.22. The predicted octanol–water partition coefficient (Wildman–Crippen LogP) is 5.20. The molecule has 31 heavy (non-hydrogen) atoms. The molecule has 0 radical (unpaired) electrons. The summed E-state index contributed by atoms with van der Waals surface area (Å²) in [6, 6.07) is 8.93. The Bertz CT molecular complexity index is 1090. The van der Waals surface area contributed by atoms with E-state index in [2.05, 4.69) is 20.0 Å². The fraction of sp³-hybridized carbons (Fsp3) is 0.391. The van der Waals surface area contributed by atoms with Crippen molar-refractivity contribution in [1.29, 1.82) is 0 Å². The first-order valence-electron chi connectivity index (χ1n) is 10.7. The van der Waals surface area contributed by atoms with Crippen LogP contribution in [0.3, 0.4) is 0 Å². The number of ether oxygens (including phenoxy) is 1. The highest BCUT2D eigenvalue weighted by molar-refractivity contribution is 8.00. The van der Waals surface area contributed by atoms with Gasteiger partial charge >= 0.3 is 0 Å². The summed E-state index contributed by atoms with van der Waals surface area (Å²) in [7, 11) is 0. The molecule has 2 aromatic heterocycles. The molecular formula is C23H25FN4O2S. The lowest BCUT2D eigenvalue weighted by molar-refractivity contribution is -0.117. The fourth-order valence-corrected chi connectivity index (χ4v) is 4.80. The zero-order chi connectivity index (χ0) is 21.2. The topological polar surface area (TPSA) is 79.0 Å². The third-order valence-electron chi connectivity index (χ3n) is 5.85. The molecule has 2 fully saturated rings. The van der Waals surface area contributed by atoms with Gasteiger partial charge in [-0.15, -0.1) is 0 Å². The Morgan fingerprint density at radius 1 is 1.19 bits per heavy atom. The number of nitrogens with zero attached hydrogens (tertiary/aromatic N) is 1. The quantitative estimate of drug-likeness (QED) is 0.440. The normalized spacial score (nSPS) is 17.1. The smallest absolute Gasteiger partial charge is 0.228 e. The molecule has 3 heterocycles. The number of carbonyl (C=O) groups is 1. The number of fused-ring (bicyclic) bond motifs is 1. The van der Waals surface area contributed by atoms with Gasteiger partial charge in [0.2, 0.25) is 5.91 Å². The van der Waals surface area contributed by atoms with Crippen molar-refractivity contribution in [2.24, 2.45) is 11.8 Å². The Hall–Kier alpha value is -2.58. The SMILES string of the molecule is O=C(Nc1cc(-c2ccc(NSCC3CCOCC3)c(F)c2)c2cc[nH]c2n1)C1CC1. The molecular weight excluding hydrogens is 415 g/mol. The molecule has 1 aliphatic carbocycles. The van der Waals surface area contributed by atoms with E-state index in [1.807, 2.05) is 18.2 Å². The Morgan fingerprint density at radius 3 is 2.81 bits per heavy atom. The van der Waals surface area contributed by atoms with Crippen molar-refractivity contribution >= 4 is 40.4 Å². The Labute approximate surface area is 184 Å². The van der Waals surface area contributed by atoms with E-state index in [1.165, 1.54) is 6.07 Å². The number of aromatic amines is 1. The standard InChI is InChI=1S/C23H25FN4O2S/c24-19-11-16(3-4-20(19)28-31-13-14-6-9-30-10-7-14)18-12-21(27-23(29)15-1-2-15)26-22-17(18)5-8-25-22/h3-5,8,11-12,14-15,28H,1-2,6-7,9-10,13H2,(H2,25,26,27,29). The maximum Gasteiger partial charge on any atom is 0.228 e. The largest absolute Gasteiger partial charge is 0.381 e. The van der Waals surface area contributed by atoms with Gasteiger partial charge in [-0.1, -0.05) is 18.0 Å². The second kappa shape index (κ2) is 8.88. The number of halogens is 1.